The molecule has 5 nitrogen and oxygen atoms in total. The van der Waals surface area contributed by atoms with E-state index in [1.54, 1.807) is 18.2 Å². The van der Waals surface area contributed by atoms with Crippen molar-refractivity contribution in [3.63, 3.8) is 0 Å². The van der Waals surface area contributed by atoms with Gasteiger partial charge in [0.2, 0.25) is 5.91 Å². The standard InChI is InChI=1S/C19H20N2O3/c1-24-19(23)14-10-11-15-17(12-14)20-16(18(22)21-15)9-5-8-13-6-3-2-4-7-13/h2-4,6-7,10-12,16,20H,5,8-9H2,1H3,(H,21,22). The van der Waals surface area contributed by atoms with Crippen LogP contribution in [-0.2, 0) is 16.0 Å². The Labute approximate surface area is 141 Å². The van der Waals surface area contributed by atoms with Crippen molar-refractivity contribution in [2.45, 2.75) is 25.3 Å². The number of nitrogens with one attached hydrogen (secondary N) is 2. The molecule has 0 fully saturated rings. The van der Waals surface area contributed by atoms with Gasteiger partial charge in [-0.3, -0.25) is 4.79 Å². The van der Waals surface area contributed by atoms with E-state index < -0.39 is 5.97 Å². The van der Waals surface area contributed by atoms with E-state index in [9.17, 15) is 9.59 Å². The molecule has 0 saturated carbocycles. The summed E-state index contributed by atoms with van der Waals surface area (Å²) in [5.41, 5.74) is 3.17. The minimum atomic E-state index is -0.392. The molecule has 1 atom stereocenters. The lowest BCUT2D eigenvalue weighted by Gasteiger charge is -2.27. The Morgan fingerprint density at radius 1 is 1.12 bits per heavy atom. The second kappa shape index (κ2) is 7.17. The molecule has 2 aromatic carbocycles. The van der Waals surface area contributed by atoms with Gasteiger partial charge in [0.1, 0.15) is 6.04 Å². The lowest BCUT2D eigenvalue weighted by Crippen LogP contribution is -2.38. The van der Waals surface area contributed by atoms with E-state index in [-0.39, 0.29) is 11.9 Å². The molecular formula is C19H20N2O3. The van der Waals surface area contributed by atoms with E-state index in [1.807, 2.05) is 18.2 Å². The average Bonchev–Trinajstić information content (AvgIpc) is 2.62. The van der Waals surface area contributed by atoms with Gasteiger partial charge in [-0.2, -0.15) is 0 Å². The Hall–Kier alpha value is -2.82. The van der Waals surface area contributed by atoms with Gasteiger partial charge in [0.05, 0.1) is 24.0 Å². The van der Waals surface area contributed by atoms with Crippen molar-refractivity contribution >= 4 is 23.3 Å². The molecule has 1 heterocycles. The molecule has 5 heteroatoms. The molecule has 1 aliphatic rings. The molecule has 0 saturated heterocycles. The van der Waals surface area contributed by atoms with Crippen molar-refractivity contribution in [2.75, 3.05) is 17.7 Å². The maximum atomic E-state index is 12.2. The maximum absolute atomic E-state index is 12.2. The second-order valence-corrected chi connectivity index (χ2v) is 5.82. The molecular weight excluding hydrogens is 304 g/mol. The zero-order chi connectivity index (χ0) is 16.9. The van der Waals surface area contributed by atoms with Crippen LogP contribution in [0.4, 0.5) is 11.4 Å². The predicted octanol–water partition coefficient (Wildman–Crippen LogP) is 3.23. The van der Waals surface area contributed by atoms with Crippen molar-refractivity contribution in [3.05, 3.63) is 59.7 Å². The largest absolute Gasteiger partial charge is 0.465 e. The van der Waals surface area contributed by atoms with Crippen LogP contribution >= 0.6 is 0 Å². The summed E-state index contributed by atoms with van der Waals surface area (Å²) in [7, 11) is 1.35. The minimum Gasteiger partial charge on any atom is -0.465 e. The lowest BCUT2D eigenvalue weighted by molar-refractivity contribution is -0.117. The molecule has 2 N–H and O–H groups in total. The van der Waals surface area contributed by atoms with Gasteiger partial charge in [-0.1, -0.05) is 30.3 Å². The number of hydrogen-bond acceptors (Lipinski definition) is 4. The van der Waals surface area contributed by atoms with E-state index in [4.69, 9.17) is 4.74 Å². The topological polar surface area (TPSA) is 67.4 Å². The number of anilines is 2. The molecule has 1 aliphatic heterocycles. The number of benzene rings is 2. The second-order valence-electron chi connectivity index (χ2n) is 5.82. The fourth-order valence-electron chi connectivity index (χ4n) is 2.85. The third-order valence-corrected chi connectivity index (χ3v) is 4.15. The third kappa shape index (κ3) is 3.56. The number of carbonyl (C=O) groups is 2. The summed E-state index contributed by atoms with van der Waals surface area (Å²) in [5.74, 6) is -0.432. The maximum Gasteiger partial charge on any atom is 0.337 e. The Balaban J connectivity index is 1.64. The van der Waals surface area contributed by atoms with Gasteiger partial charge in [-0.05, 0) is 43.0 Å². The summed E-state index contributed by atoms with van der Waals surface area (Å²) in [5, 5.41) is 6.12. The van der Waals surface area contributed by atoms with E-state index in [0.717, 1.165) is 24.9 Å². The van der Waals surface area contributed by atoms with Gasteiger partial charge in [-0.15, -0.1) is 0 Å². The number of rotatable bonds is 5. The number of amides is 1. The summed E-state index contributed by atoms with van der Waals surface area (Å²) in [6, 6.07) is 15.0. The quantitative estimate of drug-likeness (QED) is 0.829. The first kappa shape index (κ1) is 16.1. The van der Waals surface area contributed by atoms with Crippen LogP contribution < -0.4 is 10.6 Å². The van der Waals surface area contributed by atoms with Crippen LogP contribution in [0.25, 0.3) is 0 Å². The summed E-state index contributed by atoms with van der Waals surface area (Å²) in [6.45, 7) is 0. The molecule has 1 unspecified atom stereocenters. The number of esters is 1. The number of aryl methyl sites for hydroxylation is 1. The van der Waals surface area contributed by atoms with Gasteiger partial charge in [-0.25, -0.2) is 4.79 Å². The summed E-state index contributed by atoms with van der Waals surface area (Å²) >= 11 is 0. The highest BCUT2D eigenvalue weighted by Gasteiger charge is 2.25. The minimum absolute atomic E-state index is 0.0404. The highest BCUT2D eigenvalue weighted by molar-refractivity contribution is 6.04. The highest BCUT2D eigenvalue weighted by Crippen LogP contribution is 2.29. The molecule has 0 aliphatic carbocycles. The fourth-order valence-corrected chi connectivity index (χ4v) is 2.85. The summed E-state index contributed by atoms with van der Waals surface area (Å²) in [6.07, 6.45) is 2.56. The Bertz CT molecular complexity index is 744. The first-order valence-electron chi connectivity index (χ1n) is 8.01. The molecule has 0 radical (unpaired) electrons. The van der Waals surface area contributed by atoms with Gasteiger partial charge >= 0.3 is 5.97 Å². The molecule has 0 bridgehead atoms. The number of methoxy groups -OCH3 is 1. The number of hydrogen-bond donors (Lipinski definition) is 2. The zero-order valence-electron chi connectivity index (χ0n) is 13.5. The van der Waals surface area contributed by atoms with Crippen molar-refractivity contribution in [2.24, 2.45) is 0 Å². The van der Waals surface area contributed by atoms with Crippen molar-refractivity contribution in [1.29, 1.82) is 0 Å². The molecule has 0 aromatic heterocycles. The van der Waals surface area contributed by atoms with Crippen molar-refractivity contribution in [3.8, 4) is 0 Å². The third-order valence-electron chi connectivity index (χ3n) is 4.15. The van der Waals surface area contributed by atoms with Crippen LogP contribution in [-0.4, -0.2) is 25.0 Å². The van der Waals surface area contributed by atoms with E-state index in [2.05, 4.69) is 22.8 Å². The van der Waals surface area contributed by atoms with Gasteiger partial charge < -0.3 is 15.4 Å². The molecule has 0 spiro atoms. The first-order chi connectivity index (χ1) is 11.7. The Kier molecular flexibility index (Phi) is 4.79. The van der Waals surface area contributed by atoms with Crippen molar-refractivity contribution < 1.29 is 14.3 Å². The number of fused-ring (bicyclic) bond motifs is 1. The highest BCUT2D eigenvalue weighted by atomic mass is 16.5. The van der Waals surface area contributed by atoms with Gasteiger partial charge in [0, 0.05) is 0 Å². The predicted molar refractivity (Wildman–Crippen MR) is 93.2 cm³/mol. The monoisotopic (exact) mass is 324 g/mol. The number of carbonyl (C=O) groups excluding carboxylic acids is 2. The molecule has 3 rings (SSSR count). The van der Waals surface area contributed by atoms with Crippen LogP contribution in [0.2, 0.25) is 0 Å². The van der Waals surface area contributed by atoms with E-state index in [1.165, 1.54) is 12.7 Å². The Morgan fingerprint density at radius 3 is 2.67 bits per heavy atom. The van der Waals surface area contributed by atoms with Crippen LogP contribution in [0.1, 0.15) is 28.8 Å². The van der Waals surface area contributed by atoms with Crippen molar-refractivity contribution in [1.82, 2.24) is 0 Å². The SMILES string of the molecule is COC(=O)c1ccc2c(c1)NC(CCCc1ccccc1)C(=O)N2. The van der Waals surface area contributed by atoms with Gasteiger partial charge in [0.15, 0.2) is 0 Å². The average molecular weight is 324 g/mol. The molecule has 2 aromatic rings. The smallest absolute Gasteiger partial charge is 0.337 e. The Morgan fingerprint density at radius 2 is 1.92 bits per heavy atom. The van der Waals surface area contributed by atoms with E-state index >= 15 is 0 Å². The van der Waals surface area contributed by atoms with Crippen LogP contribution in [0.5, 0.6) is 0 Å². The van der Waals surface area contributed by atoms with E-state index in [0.29, 0.717) is 11.3 Å². The lowest BCUT2D eigenvalue weighted by atomic mass is 10.0. The number of ether oxygens (including phenoxy) is 1. The summed E-state index contributed by atoms with van der Waals surface area (Å²) in [4.78, 5) is 23.8. The van der Waals surface area contributed by atoms with Gasteiger partial charge in [0.25, 0.3) is 0 Å². The zero-order valence-corrected chi connectivity index (χ0v) is 13.5. The van der Waals surface area contributed by atoms with Crippen LogP contribution in [0.3, 0.4) is 0 Å². The van der Waals surface area contributed by atoms with Crippen LogP contribution in [0, 0.1) is 0 Å². The molecule has 124 valence electrons. The first-order valence-corrected chi connectivity index (χ1v) is 8.01. The summed E-state index contributed by atoms with van der Waals surface area (Å²) < 4.78 is 4.74. The molecule has 1 amide bonds. The molecule has 24 heavy (non-hydrogen) atoms. The van der Waals surface area contributed by atoms with Crippen LogP contribution in [0.15, 0.2) is 48.5 Å². The fraction of sp³-hybridized carbons (Fsp3) is 0.263. The normalized spacial score (nSPS) is 15.9.